The van der Waals surface area contributed by atoms with Gasteiger partial charge in [0.05, 0.1) is 23.3 Å². The predicted octanol–water partition coefficient (Wildman–Crippen LogP) is 2.33. The number of piperazine rings is 1. The molecule has 0 bridgehead atoms. The first-order valence-corrected chi connectivity index (χ1v) is 8.87. The molecule has 1 aliphatic rings. The van der Waals surface area contributed by atoms with Crippen LogP contribution in [0, 0.1) is 0 Å². The molecule has 0 saturated carbocycles. The minimum atomic E-state index is 0. The zero-order chi connectivity index (χ0) is 17.8. The summed E-state index contributed by atoms with van der Waals surface area (Å²) in [6, 6.07) is 12.4. The van der Waals surface area contributed by atoms with Gasteiger partial charge in [0.1, 0.15) is 0 Å². The molecule has 4 rings (SSSR count). The van der Waals surface area contributed by atoms with E-state index in [-0.39, 0.29) is 18.3 Å². The first-order valence-electron chi connectivity index (χ1n) is 8.87. The summed E-state index contributed by atoms with van der Waals surface area (Å²) in [4.78, 5) is 29.6. The number of carbonyl (C=O) groups excluding carboxylic acids is 1. The van der Waals surface area contributed by atoms with Crippen LogP contribution in [0.2, 0.25) is 0 Å². The Morgan fingerprint density at radius 1 is 0.963 bits per heavy atom. The topological polar surface area (TPSA) is 62.2 Å². The number of rotatable bonds is 4. The van der Waals surface area contributed by atoms with Crippen LogP contribution >= 0.6 is 12.4 Å². The Kier molecular flexibility index (Phi) is 6.32. The van der Waals surface area contributed by atoms with Crippen molar-refractivity contribution in [3.8, 4) is 0 Å². The van der Waals surface area contributed by atoms with E-state index in [0.29, 0.717) is 6.42 Å². The predicted molar refractivity (Wildman–Crippen MR) is 107 cm³/mol. The van der Waals surface area contributed by atoms with Gasteiger partial charge in [0, 0.05) is 56.7 Å². The van der Waals surface area contributed by atoms with E-state index in [9.17, 15) is 4.79 Å². The van der Waals surface area contributed by atoms with Gasteiger partial charge in [-0.05, 0) is 12.1 Å². The fourth-order valence-electron chi connectivity index (χ4n) is 3.27. The highest BCUT2D eigenvalue weighted by Gasteiger charge is 2.21. The normalized spacial score (nSPS) is 14.7. The second kappa shape index (κ2) is 8.88. The van der Waals surface area contributed by atoms with E-state index < -0.39 is 0 Å². The lowest BCUT2D eigenvalue weighted by molar-refractivity contribution is -0.132. The Bertz CT molecular complexity index is 897. The van der Waals surface area contributed by atoms with Crippen LogP contribution in [0.5, 0.6) is 0 Å². The van der Waals surface area contributed by atoms with Crippen molar-refractivity contribution >= 4 is 29.2 Å². The van der Waals surface area contributed by atoms with Crippen LogP contribution in [0.3, 0.4) is 0 Å². The number of carbonyl (C=O) groups is 1. The Morgan fingerprint density at radius 2 is 1.78 bits per heavy atom. The maximum Gasteiger partial charge on any atom is 0.228 e. The van der Waals surface area contributed by atoms with Crippen LogP contribution < -0.4 is 0 Å². The zero-order valence-electron chi connectivity index (χ0n) is 15.0. The van der Waals surface area contributed by atoms with Gasteiger partial charge in [0.25, 0.3) is 0 Å². The fraction of sp³-hybridized carbons (Fsp3) is 0.300. The summed E-state index contributed by atoms with van der Waals surface area (Å²) < 4.78 is 0. The summed E-state index contributed by atoms with van der Waals surface area (Å²) in [7, 11) is 0. The van der Waals surface area contributed by atoms with Crippen molar-refractivity contribution in [3.63, 3.8) is 0 Å². The first kappa shape index (κ1) is 19.2. The van der Waals surface area contributed by atoms with Gasteiger partial charge in [0.2, 0.25) is 5.91 Å². The summed E-state index contributed by atoms with van der Waals surface area (Å²) in [5, 5.41) is 1.16. The fourth-order valence-corrected chi connectivity index (χ4v) is 3.27. The Morgan fingerprint density at radius 3 is 2.56 bits per heavy atom. The van der Waals surface area contributed by atoms with Crippen LogP contribution in [-0.4, -0.2) is 56.8 Å². The lowest BCUT2D eigenvalue weighted by Gasteiger charge is -2.34. The highest BCUT2D eigenvalue weighted by molar-refractivity contribution is 5.85. The molecule has 27 heavy (non-hydrogen) atoms. The van der Waals surface area contributed by atoms with E-state index in [1.165, 1.54) is 0 Å². The summed E-state index contributed by atoms with van der Waals surface area (Å²) in [6.07, 6.45) is 5.21. The van der Waals surface area contributed by atoms with Crippen LogP contribution in [0.15, 0.2) is 55.0 Å². The van der Waals surface area contributed by atoms with Crippen molar-refractivity contribution in [1.82, 2.24) is 24.8 Å². The second-order valence-electron chi connectivity index (χ2n) is 6.53. The molecule has 3 heterocycles. The molecule has 2 aromatic heterocycles. The molecule has 1 aliphatic heterocycles. The number of hydrogen-bond donors (Lipinski definition) is 0. The molecule has 1 fully saturated rings. The summed E-state index contributed by atoms with van der Waals surface area (Å²) in [5.74, 6) is 0.119. The van der Waals surface area contributed by atoms with Crippen LogP contribution in [0.25, 0.3) is 10.9 Å². The van der Waals surface area contributed by atoms with Crippen LogP contribution in [0.1, 0.15) is 11.4 Å². The molecule has 3 aromatic rings. The second-order valence-corrected chi connectivity index (χ2v) is 6.53. The van der Waals surface area contributed by atoms with E-state index in [0.717, 1.165) is 55.0 Å². The van der Waals surface area contributed by atoms with E-state index in [1.54, 1.807) is 18.6 Å². The number of benzene rings is 1. The molecule has 0 N–H and O–H groups in total. The number of pyridine rings is 1. The van der Waals surface area contributed by atoms with Crippen molar-refractivity contribution in [1.29, 1.82) is 0 Å². The third-order valence-electron chi connectivity index (χ3n) is 4.72. The van der Waals surface area contributed by atoms with Crippen molar-refractivity contribution in [2.75, 3.05) is 26.2 Å². The molecular weight excluding hydrogens is 362 g/mol. The standard InChI is InChI=1S/C20H21N5O.ClH/c26-20(13-18-14-21-7-8-22-18)25-11-9-24(10-12-25)15-17-6-5-16-3-1-2-4-19(16)23-17;/h1-8,14H,9-13,15H2;1H. The van der Waals surface area contributed by atoms with Crippen molar-refractivity contribution in [2.45, 2.75) is 13.0 Å². The highest BCUT2D eigenvalue weighted by atomic mass is 35.5. The molecule has 0 unspecified atom stereocenters. The number of halogens is 1. The van der Waals surface area contributed by atoms with E-state index in [1.807, 2.05) is 23.1 Å². The maximum atomic E-state index is 12.4. The molecule has 1 amide bonds. The third kappa shape index (κ3) is 4.78. The Hall–Kier alpha value is -2.57. The number of aromatic nitrogens is 3. The summed E-state index contributed by atoms with van der Waals surface area (Å²) in [5.41, 5.74) is 2.83. The highest BCUT2D eigenvalue weighted by Crippen LogP contribution is 2.14. The molecule has 6 nitrogen and oxygen atoms in total. The van der Waals surface area contributed by atoms with E-state index >= 15 is 0 Å². The molecule has 0 aliphatic carbocycles. The average Bonchev–Trinajstić information content (AvgIpc) is 2.69. The minimum Gasteiger partial charge on any atom is -0.340 e. The summed E-state index contributed by atoms with van der Waals surface area (Å²) in [6.45, 7) is 4.03. The van der Waals surface area contributed by atoms with Gasteiger partial charge in [-0.2, -0.15) is 0 Å². The smallest absolute Gasteiger partial charge is 0.228 e. The van der Waals surface area contributed by atoms with Gasteiger partial charge < -0.3 is 4.90 Å². The van der Waals surface area contributed by atoms with Crippen molar-refractivity contribution < 1.29 is 4.79 Å². The van der Waals surface area contributed by atoms with E-state index in [4.69, 9.17) is 4.98 Å². The van der Waals surface area contributed by atoms with Crippen LogP contribution in [0.4, 0.5) is 0 Å². The summed E-state index contributed by atoms with van der Waals surface area (Å²) >= 11 is 0. The molecule has 0 atom stereocenters. The van der Waals surface area contributed by atoms with Gasteiger partial charge >= 0.3 is 0 Å². The van der Waals surface area contributed by atoms with Gasteiger partial charge in [0.15, 0.2) is 0 Å². The number of fused-ring (bicyclic) bond motifs is 1. The van der Waals surface area contributed by atoms with Crippen LogP contribution in [-0.2, 0) is 17.8 Å². The molecule has 1 saturated heterocycles. The first-order chi connectivity index (χ1) is 12.8. The quantitative estimate of drug-likeness (QED) is 0.692. The Balaban J connectivity index is 0.00000210. The number of hydrogen-bond acceptors (Lipinski definition) is 5. The van der Waals surface area contributed by atoms with Crippen molar-refractivity contribution in [2.24, 2.45) is 0 Å². The third-order valence-corrected chi connectivity index (χ3v) is 4.72. The Labute approximate surface area is 164 Å². The largest absolute Gasteiger partial charge is 0.340 e. The van der Waals surface area contributed by atoms with Gasteiger partial charge in [-0.3, -0.25) is 24.6 Å². The monoisotopic (exact) mass is 383 g/mol. The SMILES string of the molecule is Cl.O=C(Cc1cnccn1)N1CCN(Cc2ccc3ccccc3n2)CC1. The van der Waals surface area contributed by atoms with Gasteiger partial charge in [-0.1, -0.05) is 24.3 Å². The van der Waals surface area contributed by atoms with E-state index in [2.05, 4.69) is 33.1 Å². The molecule has 1 aromatic carbocycles. The van der Waals surface area contributed by atoms with Gasteiger partial charge in [-0.25, -0.2) is 0 Å². The maximum absolute atomic E-state index is 12.4. The minimum absolute atomic E-state index is 0. The number of amides is 1. The zero-order valence-corrected chi connectivity index (χ0v) is 15.8. The molecule has 7 heteroatoms. The molecule has 0 spiro atoms. The molecular formula is C20H22ClN5O. The molecule has 140 valence electrons. The lowest BCUT2D eigenvalue weighted by atomic mass is 10.2. The lowest BCUT2D eigenvalue weighted by Crippen LogP contribution is -2.48. The van der Waals surface area contributed by atoms with Gasteiger partial charge in [-0.15, -0.1) is 12.4 Å². The average molecular weight is 384 g/mol. The number of nitrogens with zero attached hydrogens (tertiary/aromatic N) is 5. The van der Waals surface area contributed by atoms with Crippen molar-refractivity contribution in [3.05, 3.63) is 66.4 Å². The molecule has 0 radical (unpaired) electrons. The number of para-hydroxylation sites is 1.